The maximum Gasteiger partial charge on any atom is 0.175 e. The fraction of sp³-hybridized carbons (Fsp3) is 0.419. The molecule has 0 N–H and O–H groups in total. The van der Waals surface area contributed by atoms with E-state index in [9.17, 15) is 9.59 Å². The van der Waals surface area contributed by atoms with E-state index in [2.05, 4.69) is 39.9 Å². The molecule has 0 unspecified atom stereocenters. The molecule has 1 aliphatic heterocycles. The minimum absolute atomic E-state index is 0.148. The summed E-state index contributed by atoms with van der Waals surface area (Å²) in [5, 5.41) is 0. The van der Waals surface area contributed by atoms with Gasteiger partial charge in [-0.2, -0.15) is 0 Å². The maximum absolute atomic E-state index is 13.6. The number of halogens is 1. The lowest BCUT2D eigenvalue weighted by Gasteiger charge is -2.44. The molecule has 0 saturated carbocycles. The van der Waals surface area contributed by atoms with E-state index in [-0.39, 0.29) is 17.5 Å². The summed E-state index contributed by atoms with van der Waals surface area (Å²) in [4.78, 5) is 29.5. The van der Waals surface area contributed by atoms with E-state index < -0.39 is 0 Å². The molecular formula is C31H34BrNO4. The fourth-order valence-corrected chi connectivity index (χ4v) is 6.44. The van der Waals surface area contributed by atoms with Crippen LogP contribution in [-0.4, -0.2) is 29.7 Å². The molecule has 0 saturated heterocycles. The van der Waals surface area contributed by atoms with Gasteiger partial charge in [0.2, 0.25) is 0 Å². The van der Waals surface area contributed by atoms with Crippen LogP contribution in [0.1, 0.15) is 75.8 Å². The maximum atomic E-state index is 13.6. The average molecular weight is 565 g/mol. The molecule has 6 heteroatoms. The first kappa shape index (κ1) is 25.8. The molecule has 2 aliphatic carbocycles. The topological polar surface area (TPSA) is 55.8 Å². The monoisotopic (exact) mass is 563 g/mol. The van der Waals surface area contributed by atoms with Crippen LogP contribution in [0.5, 0.6) is 11.5 Å². The summed E-state index contributed by atoms with van der Waals surface area (Å²) in [6.45, 7) is 5.76. The fourth-order valence-electron chi connectivity index (χ4n) is 5.87. The van der Waals surface area contributed by atoms with Gasteiger partial charge in [0.05, 0.1) is 17.7 Å². The lowest BCUT2D eigenvalue weighted by molar-refractivity contribution is -0.117. The first-order valence-corrected chi connectivity index (χ1v) is 14.3. The number of allylic oxidation sites excluding steroid dienone is 4. The molecule has 37 heavy (non-hydrogen) atoms. The number of hydrogen-bond donors (Lipinski definition) is 0. The minimum atomic E-state index is -0.381. The van der Waals surface area contributed by atoms with E-state index >= 15 is 0 Å². The Morgan fingerprint density at radius 1 is 0.892 bits per heavy atom. The zero-order chi connectivity index (χ0) is 25.9. The van der Waals surface area contributed by atoms with Crippen LogP contribution in [0.4, 0.5) is 0 Å². The lowest BCUT2D eigenvalue weighted by Crippen LogP contribution is -2.38. The normalized spacial score (nSPS) is 18.2. The Balaban J connectivity index is 1.69. The van der Waals surface area contributed by atoms with Gasteiger partial charge in [0, 0.05) is 47.8 Å². The van der Waals surface area contributed by atoms with Crippen molar-refractivity contribution in [1.82, 2.24) is 4.90 Å². The number of hydrogen-bond acceptors (Lipinski definition) is 5. The van der Waals surface area contributed by atoms with Crippen molar-refractivity contribution in [3.8, 4) is 11.5 Å². The van der Waals surface area contributed by atoms with Gasteiger partial charge in [0.15, 0.2) is 23.1 Å². The highest BCUT2D eigenvalue weighted by atomic mass is 79.9. The molecule has 0 spiro atoms. The Labute approximate surface area is 227 Å². The van der Waals surface area contributed by atoms with Crippen molar-refractivity contribution in [2.45, 2.75) is 71.3 Å². The summed E-state index contributed by atoms with van der Waals surface area (Å²) in [5.74, 6) is 1.22. The van der Waals surface area contributed by atoms with Crippen molar-refractivity contribution < 1.29 is 19.1 Å². The van der Waals surface area contributed by atoms with Crippen LogP contribution in [0.3, 0.4) is 0 Å². The van der Waals surface area contributed by atoms with Crippen LogP contribution >= 0.6 is 15.9 Å². The third-order valence-electron chi connectivity index (χ3n) is 7.39. The highest BCUT2D eigenvalue weighted by molar-refractivity contribution is 9.10. The van der Waals surface area contributed by atoms with Crippen LogP contribution in [0.2, 0.25) is 0 Å². The zero-order valence-electron chi connectivity index (χ0n) is 21.6. The number of nitrogens with zero attached hydrogens (tertiary/aromatic N) is 1. The van der Waals surface area contributed by atoms with Crippen molar-refractivity contribution in [1.29, 1.82) is 0 Å². The number of carbonyl (C=O) groups is 2. The summed E-state index contributed by atoms with van der Waals surface area (Å²) >= 11 is 3.71. The third-order valence-corrected chi connectivity index (χ3v) is 7.97. The summed E-state index contributed by atoms with van der Waals surface area (Å²) in [6, 6.07) is 14.3. The smallest absolute Gasteiger partial charge is 0.175 e. The van der Waals surface area contributed by atoms with Crippen LogP contribution < -0.4 is 9.47 Å². The molecular weight excluding hydrogens is 530 g/mol. The second kappa shape index (κ2) is 11.3. The van der Waals surface area contributed by atoms with Gasteiger partial charge in [-0.1, -0.05) is 37.3 Å². The SMILES string of the molecule is CCCOc1c(Br)cc(C2C3=C(CCCC3=O)N(Cc3ccccc3)C3=C2C(=O)CCC3)cc1OCC. The number of rotatable bonds is 8. The molecule has 194 valence electrons. The van der Waals surface area contributed by atoms with E-state index in [0.29, 0.717) is 44.1 Å². The van der Waals surface area contributed by atoms with Gasteiger partial charge >= 0.3 is 0 Å². The number of benzene rings is 2. The quantitative estimate of drug-likeness (QED) is 0.338. The standard InChI is InChI=1S/C31H34BrNO4/c1-3-16-37-31-22(32)17-21(18-27(31)36-4-2)28-29-23(12-8-14-25(29)34)33(19-20-10-6-5-7-11-20)24-13-9-15-26(35)30(24)28/h5-7,10-11,17-18,28H,3-4,8-9,12-16,19H2,1-2H3. The summed E-state index contributed by atoms with van der Waals surface area (Å²) in [7, 11) is 0. The Kier molecular flexibility index (Phi) is 7.84. The van der Waals surface area contributed by atoms with E-state index in [1.54, 1.807) is 0 Å². The van der Waals surface area contributed by atoms with Gasteiger partial charge in [-0.3, -0.25) is 9.59 Å². The minimum Gasteiger partial charge on any atom is -0.490 e. The molecule has 2 aromatic rings. The van der Waals surface area contributed by atoms with Gasteiger partial charge in [0.1, 0.15) is 0 Å². The molecule has 3 aliphatic rings. The van der Waals surface area contributed by atoms with Crippen LogP contribution in [0.25, 0.3) is 0 Å². The largest absolute Gasteiger partial charge is 0.490 e. The van der Waals surface area contributed by atoms with Crippen molar-refractivity contribution in [2.24, 2.45) is 0 Å². The molecule has 0 amide bonds. The second-order valence-corrected chi connectivity index (χ2v) is 10.7. The Bertz CT molecular complexity index is 1220. The van der Waals surface area contributed by atoms with E-state index in [1.807, 2.05) is 37.3 Å². The molecule has 0 aromatic heterocycles. The van der Waals surface area contributed by atoms with Crippen molar-refractivity contribution in [2.75, 3.05) is 13.2 Å². The van der Waals surface area contributed by atoms with Gasteiger partial charge < -0.3 is 14.4 Å². The summed E-state index contributed by atoms with van der Waals surface area (Å²) in [5.41, 5.74) is 5.82. The van der Waals surface area contributed by atoms with E-state index in [0.717, 1.165) is 64.7 Å². The molecule has 5 rings (SSSR count). The van der Waals surface area contributed by atoms with E-state index in [1.165, 1.54) is 5.56 Å². The van der Waals surface area contributed by atoms with Crippen molar-refractivity contribution >= 4 is 27.5 Å². The molecule has 0 atom stereocenters. The van der Waals surface area contributed by atoms with Crippen molar-refractivity contribution in [3.05, 3.63) is 80.6 Å². The number of carbonyl (C=O) groups excluding carboxylic acids is 2. The molecule has 0 bridgehead atoms. The average Bonchev–Trinajstić information content (AvgIpc) is 2.89. The van der Waals surface area contributed by atoms with Gasteiger partial charge in [-0.25, -0.2) is 0 Å². The Hall–Kier alpha value is -2.86. The van der Waals surface area contributed by atoms with Crippen molar-refractivity contribution in [3.63, 3.8) is 0 Å². The lowest BCUT2D eigenvalue weighted by atomic mass is 9.71. The van der Waals surface area contributed by atoms with Gasteiger partial charge in [-0.05, 0) is 78.2 Å². The van der Waals surface area contributed by atoms with Gasteiger partial charge in [-0.15, -0.1) is 0 Å². The molecule has 5 nitrogen and oxygen atoms in total. The van der Waals surface area contributed by atoms with Crippen LogP contribution in [0, 0.1) is 0 Å². The summed E-state index contributed by atoms with van der Waals surface area (Å²) < 4.78 is 12.8. The number of Topliss-reactive ketones (excluding diaryl/α,β-unsaturated/α-hetero) is 2. The molecule has 1 heterocycles. The second-order valence-electron chi connectivity index (χ2n) is 9.89. The highest BCUT2D eigenvalue weighted by Crippen LogP contribution is 2.51. The molecule has 0 fully saturated rings. The van der Waals surface area contributed by atoms with E-state index in [4.69, 9.17) is 9.47 Å². The number of ketones is 2. The third kappa shape index (κ3) is 5.00. The number of ether oxygens (including phenoxy) is 2. The van der Waals surface area contributed by atoms with Crippen LogP contribution in [0.15, 0.2) is 69.5 Å². The Morgan fingerprint density at radius 2 is 1.54 bits per heavy atom. The molecule has 2 aromatic carbocycles. The van der Waals surface area contributed by atoms with Gasteiger partial charge in [0.25, 0.3) is 0 Å². The van der Waals surface area contributed by atoms with Crippen LogP contribution in [-0.2, 0) is 16.1 Å². The first-order valence-electron chi connectivity index (χ1n) is 13.5. The first-order chi connectivity index (χ1) is 18.0. The highest BCUT2D eigenvalue weighted by Gasteiger charge is 2.43. The predicted octanol–water partition coefficient (Wildman–Crippen LogP) is 7.25. The Morgan fingerprint density at radius 3 is 2.14 bits per heavy atom. The molecule has 0 radical (unpaired) electrons. The summed E-state index contributed by atoms with van der Waals surface area (Å²) in [6.07, 6.45) is 5.27. The zero-order valence-corrected chi connectivity index (χ0v) is 23.2. The predicted molar refractivity (Wildman–Crippen MR) is 148 cm³/mol.